The summed E-state index contributed by atoms with van der Waals surface area (Å²) in [6.45, 7) is 8.10. The van der Waals surface area contributed by atoms with Gasteiger partial charge in [0.15, 0.2) is 4.77 Å². The van der Waals surface area contributed by atoms with E-state index in [4.69, 9.17) is 12.2 Å². The van der Waals surface area contributed by atoms with Gasteiger partial charge in [0.2, 0.25) is 0 Å². The molecule has 0 unspecified atom stereocenters. The molecule has 0 aromatic carbocycles. The number of hydrogen-bond acceptors (Lipinski definition) is 2. The summed E-state index contributed by atoms with van der Waals surface area (Å²) in [6.07, 6.45) is 5.92. The lowest BCUT2D eigenvalue weighted by Crippen LogP contribution is -2.11. The van der Waals surface area contributed by atoms with Crippen LogP contribution < -0.4 is 0 Å². The number of rotatable bonds is 4. The van der Waals surface area contributed by atoms with Crippen molar-refractivity contribution in [3.63, 3.8) is 0 Å². The molecular formula is C12H18N4S. The van der Waals surface area contributed by atoms with Crippen molar-refractivity contribution >= 4 is 12.2 Å². The Bertz CT molecular complexity index is 547. The van der Waals surface area contributed by atoms with Crippen molar-refractivity contribution in [2.45, 2.75) is 39.8 Å². The van der Waals surface area contributed by atoms with Crippen LogP contribution in [0.4, 0.5) is 0 Å². The number of aryl methyl sites for hydroxylation is 2. The number of nitrogens with zero attached hydrogens (tertiary/aromatic N) is 3. The number of hydrogen-bond donors (Lipinski definition) is 1. The molecule has 2 aromatic rings. The minimum Gasteiger partial charge on any atom is -0.337 e. The molecule has 2 aromatic heterocycles. The molecule has 0 atom stereocenters. The van der Waals surface area contributed by atoms with E-state index in [2.05, 4.69) is 28.5 Å². The molecule has 0 bridgehead atoms. The lowest BCUT2D eigenvalue weighted by Gasteiger charge is -2.10. The first-order valence-electron chi connectivity index (χ1n) is 5.85. The van der Waals surface area contributed by atoms with Gasteiger partial charge in [0.05, 0.1) is 12.7 Å². The van der Waals surface area contributed by atoms with Gasteiger partial charge in [-0.15, -0.1) is 0 Å². The molecule has 0 radical (unpaired) electrons. The summed E-state index contributed by atoms with van der Waals surface area (Å²) in [7, 11) is 0. The Morgan fingerprint density at radius 1 is 1.41 bits per heavy atom. The average molecular weight is 250 g/mol. The van der Waals surface area contributed by atoms with E-state index in [-0.39, 0.29) is 0 Å². The van der Waals surface area contributed by atoms with Crippen LogP contribution in [0.3, 0.4) is 0 Å². The number of imidazole rings is 1. The summed E-state index contributed by atoms with van der Waals surface area (Å²) < 4.78 is 4.89. The standard InChI is InChI=1S/C12H18N4S/c1-9(2)11-7-13-12(17)16(11)5-4-15-8-10(3)6-14-15/h6-9H,4-5H2,1-3H3,(H,13,17). The number of H-pyrrole nitrogens is 1. The molecule has 2 rings (SSSR count). The van der Waals surface area contributed by atoms with E-state index in [0.717, 1.165) is 17.9 Å². The first kappa shape index (κ1) is 12.1. The molecule has 0 saturated heterocycles. The van der Waals surface area contributed by atoms with Crippen LogP contribution in [0, 0.1) is 11.7 Å². The van der Waals surface area contributed by atoms with Crippen LogP contribution in [0.5, 0.6) is 0 Å². The zero-order valence-electron chi connectivity index (χ0n) is 10.5. The summed E-state index contributed by atoms with van der Waals surface area (Å²) in [4.78, 5) is 3.11. The predicted molar refractivity (Wildman–Crippen MR) is 70.7 cm³/mol. The molecule has 1 N–H and O–H groups in total. The Hall–Kier alpha value is -1.36. The molecule has 17 heavy (non-hydrogen) atoms. The zero-order valence-corrected chi connectivity index (χ0v) is 11.3. The molecule has 92 valence electrons. The van der Waals surface area contributed by atoms with Gasteiger partial charge in [0.25, 0.3) is 0 Å². The molecule has 2 heterocycles. The average Bonchev–Trinajstić information content (AvgIpc) is 2.82. The van der Waals surface area contributed by atoms with Crippen LogP contribution in [-0.2, 0) is 13.1 Å². The second-order valence-electron chi connectivity index (χ2n) is 4.61. The van der Waals surface area contributed by atoms with Crippen molar-refractivity contribution in [2.75, 3.05) is 0 Å². The molecule has 0 aliphatic heterocycles. The molecular weight excluding hydrogens is 232 g/mol. The Balaban J connectivity index is 2.13. The zero-order chi connectivity index (χ0) is 12.4. The number of nitrogens with one attached hydrogen (secondary N) is 1. The SMILES string of the molecule is Cc1cnn(CCn2c(C(C)C)c[nH]c2=S)c1. The highest BCUT2D eigenvalue weighted by molar-refractivity contribution is 7.71. The van der Waals surface area contributed by atoms with Crippen LogP contribution >= 0.6 is 12.2 Å². The predicted octanol–water partition coefficient (Wildman–Crippen LogP) is 2.87. The lowest BCUT2D eigenvalue weighted by atomic mass is 10.1. The van der Waals surface area contributed by atoms with Gasteiger partial charge in [-0.3, -0.25) is 4.68 Å². The van der Waals surface area contributed by atoms with Crippen molar-refractivity contribution in [3.8, 4) is 0 Å². The van der Waals surface area contributed by atoms with Crippen LogP contribution in [0.25, 0.3) is 0 Å². The highest BCUT2D eigenvalue weighted by Crippen LogP contribution is 2.14. The van der Waals surface area contributed by atoms with Gasteiger partial charge in [-0.25, -0.2) is 0 Å². The second kappa shape index (κ2) is 4.87. The van der Waals surface area contributed by atoms with Crippen molar-refractivity contribution in [1.29, 1.82) is 0 Å². The highest BCUT2D eigenvalue weighted by Gasteiger charge is 2.07. The maximum atomic E-state index is 5.29. The molecule has 0 aliphatic rings. The lowest BCUT2D eigenvalue weighted by molar-refractivity contribution is 0.512. The fourth-order valence-corrected chi connectivity index (χ4v) is 2.17. The van der Waals surface area contributed by atoms with Crippen LogP contribution in [0.1, 0.15) is 31.0 Å². The molecule has 0 saturated carbocycles. The Morgan fingerprint density at radius 2 is 2.18 bits per heavy atom. The third-order valence-corrected chi connectivity index (χ3v) is 3.15. The topological polar surface area (TPSA) is 38.5 Å². The van der Waals surface area contributed by atoms with E-state index < -0.39 is 0 Å². The Kier molecular flexibility index (Phi) is 3.47. The van der Waals surface area contributed by atoms with Crippen molar-refractivity contribution in [2.24, 2.45) is 0 Å². The van der Waals surface area contributed by atoms with Crippen molar-refractivity contribution in [3.05, 3.63) is 34.6 Å². The molecule has 0 amide bonds. The van der Waals surface area contributed by atoms with Crippen molar-refractivity contribution in [1.82, 2.24) is 19.3 Å². The quantitative estimate of drug-likeness (QED) is 0.847. The van der Waals surface area contributed by atoms with Gasteiger partial charge < -0.3 is 9.55 Å². The monoisotopic (exact) mass is 250 g/mol. The van der Waals surface area contributed by atoms with Gasteiger partial charge in [-0.05, 0) is 30.6 Å². The van der Waals surface area contributed by atoms with E-state index >= 15 is 0 Å². The summed E-state index contributed by atoms with van der Waals surface area (Å²) in [6, 6.07) is 0. The van der Waals surface area contributed by atoms with Gasteiger partial charge in [-0.1, -0.05) is 13.8 Å². The maximum Gasteiger partial charge on any atom is 0.177 e. The number of aromatic amines is 1. The van der Waals surface area contributed by atoms with Gasteiger partial charge >= 0.3 is 0 Å². The fourth-order valence-electron chi connectivity index (χ4n) is 1.91. The first-order chi connectivity index (χ1) is 8.08. The molecule has 0 fully saturated rings. The minimum absolute atomic E-state index is 0.474. The smallest absolute Gasteiger partial charge is 0.177 e. The number of aromatic nitrogens is 4. The Morgan fingerprint density at radius 3 is 2.76 bits per heavy atom. The van der Waals surface area contributed by atoms with Gasteiger partial charge in [0, 0.05) is 24.6 Å². The van der Waals surface area contributed by atoms with Crippen molar-refractivity contribution < 1.29 is 0 Å². The third-order valence-electron chi connectivity index (χ3n) is 2.81. The summed E-state index contributed by atoms with van der Waals surface area (Å²) in [5.74, 6) is 0.474. The van der Waals surface area contributed by atoms with Crippen LogP contribution in [-0.4, -0.2) is 19.3 Å². The summed E-state index contributed by atoms with van der Waals surface area (Å²) in [5.41, 5.74) is 2.44. The van der Waals surface area contributed by atoms with E-state index in [1.165, 1.54) is 11.3 Å². The molecule has 0 spiro atoms. The van der Waals surface area contributed by atoms with Crippen LogP contribution in [0.2, 0.25) is 0 Å². The highest BCUT2D eigenvalue weighted by atomic mass is 32.1. The van der Waals surface area contributed by atoms with Crippen LogP contribution in [0.15, 0.2) is 18.6 Å². The van der Waals surface area contributed by atoms with E-state index in [0.29, 0.717) is 5.92 Å². The second-order valence-corrected chi connectivity index (χ2v) is 4.99. The fraction of sp³-hybridized carbons (Fsp3) is 0.500. The normalized spacial score (nSPS) is 11.3. The van der Waals surface area contributed by atoms with E-state index in [1.807, 2.05) is 30.2 Å². The Labute approximate surface area is 106 Å². The van der Waals surface area contributed by atoms with E-state index in [1.54, 1.807) is 0 Å². The molecule has 5 heteroatoms. The van der Waals surface area contributed by atoms with Gasteiger partial charge in [-0.2, -0.15) is 5.10 Å². The first-order valence-corrected chi connectivity index (χ1v) is 6.26. The van der Waals surface area contributed by atoms with E-state index in [9.17, 15) is 0 Å². The van der Waals surface area contributed by atoms with Gasteiger partial charge in [0.1, 0.15) is 0 Å². The minimum atomic E-state index is 0.474. The maximum absolute atomic E-state index is 5.29. The molecule has 4 nitrogen and oxygen atoms in total. The largest absolute Gasteiger partial charge is 0.337 e. The molecule has 0 aliphatic carbocycles. The summed E-state index contributed by atoms with van der Waals surface area (Å²) >= 11 is 5.29. The summed E-state index contributed by atoms with van der Waals surface area (Å²) in [5, 5.41) is 4.28. The third kappa shape index (κ3) is 2.66.